The maximum atomic E-state index is 10.9. The van der Waals surface area contributed by atoms with Crippen molar-refractivity contribution < 1.29 is 19.8 Å². The summed E-state index contributed by atoms with van der Waals surface area (Å²) < 4.78 is 0. The predicted molar refractivity (Wildman–Crippen MR) is 76.0 cm³/mol. The average molecular weight is 271 g/mol. The molecule has 5 heteroatoms. The predicted octanol–water partition coefficient (Wildman–Crippen LogP) is 2.57. The highest BCUT2D eigenvalue weighted by atomic mass is 16.4. The minimum absolute atomic E-state index is 0.176. The van der Waals surface area contributed by atoms with Gasteiger partial charge in [0, 0.05) is 11.1 Å². The van der Waals surface area contributed by atoms with E-state index in [9.17, 15) is 9.59 Å². The van der Waals surface area contributed by atoms with Gasteiger partial charge in [-0.05, 0) is 32.7 Å². The third-order valence-electron chi connectivity index (χ3n) is 2.42. The number of carbonyl (C=O) groups is 2. The first-order chi connectivity index (χ1) is 8.81. The van der Waals surface area contributed by atoms with Crippen molar-refractivity contribution in [2.45, 2.75) is 46.5 Å². The van der Waals surface area contributed by atoms with Crippen LogP contribution in [0.15, 0.2) is 23.3 Å². The minimum Gasteiger partial charge on any atom is -0.478 e. The number of hydrogen-bond donors (Lipinski definition) is 3. The summed E-state index contributed by atoms with van der Waals surface area (Å²) in [7, 11) is 0. The minimum atomic E-state index is -0.935. The summed E-state index contributed by atoms with van der Waals surface area (Å²) in [5.41, 5.74) is 7.15. The topological polar surface area (TPSA) is 101 Å². The highest BCUT2D eigenvalue weighted by molar-refractivity contribution is 5.87. The van der Waals surface area contributed by atoms with Crippen LogP contribution < -0.4 is 5.73 Å². The van der Waals surface area contributed by atoms with Gasteiger partial charge in [0.25, 0.3) is 0 Å². The molecular weight excluding hydrogens is 246 g/mol. The lowest BCUT2D eigenvalue weighted by molar-refractivity contribution is -0.133. The molecule has 0 radical (unpaired) electrons. The molecule has 0 saturated heterocycles. The second kappa shape index (κ2) is 11.5. The second-order valence-electron chi connectivity index (χ2n) is 4.11. The zero-order valence-electron chi connectivity index (χ0n) is 12.0. The molecule has 0 aromatic rings. The molecule has 0 bridgehead atoms. The molecule has 0 amide bonds. The van der Waals surface area contributed by atoms with Gasteiger partial charge in [-0.2, -0.15) is 0 Å². The van der Waals surface area contributed by atoms with Crippen LogP contribution in [0.3, 0.4) is 0 Å². The van der Waals surface area contributed by atoms with Gasteiger partial charge in [0.1, 0.15) is 0 Å². The van der Waals surface area contributed by atoms with E-state index in [1.807, 2.05) is 13.8 Å². The van der Waals surface area contributed by atoms with Gasteiger partial charge < -0.3 is 15.9 Å². The summed E-state index contributed by atoms with van der Waals surface area (Å²) >= 11 is 0. The molecule has 0 aromatic heterocycles. The van der Waals surface area contributed by atoms with E-state index in [0.29, 0.717) is 25.0 Å². The van der Waals surface area contributed by atoms with Crippen molar-refractivity contribution in [3.8, 4) is 0 Å². The fraction of sp³-hybridized carbons (Fsp3) is 0.571. The summed E-state index contributed by atoms with van der Waals surface area (Å²) in [5, 5.41) is 16.8. The van der Waals surface area contributed by atoms with Crippen molar-refractivity contribution in [3.63, 3.8) is 0 Å². The van der Waals surface area contributed by atoms with Gasteiger partial charge in [-0.1, -0.05) is 32.4 Å². The van der Waals surface area contributed by atoms with Crippen LogP contribution in [0.25, 0.3) is 0 Å². The Labute approximate surface area is 114 Å². The molecule has 0 fully saturated rings. The Balaban J connectivity index is 0. The van der Waals surface area contributed by atoms with Crippen molar-refractivity contribution in [2.75, 3.05) is 6.54 Å². The van der Waals surface area contributed by atoms with Gasteiger partial charge in [0.2, 0.25) is 0 Å². The van der Waals surface area contributed by atoms with Crippen LogP contribution in [-0.4, -0.2) is 28.7 Å². The number of carboxylic acid groups (broad SMARTS) is 2. The number of nitrogens with two attached hydrogens (primary N) is 1. The van der Waals surface area contributed by atoms with Gasteiger partial charge in [0.05, 0.1) is 0 Å². The van der Waals surface area contributed by atoms with E-state index in [1.165, 1.54) is 6.92 Å². The largest absolute Gasteiger partial charge is 0.478 e. The quantitative estimate of drug-likeness (QED) is 0.618. The molecule has 0 saturated carbocycles. The van der Waals surface area contributed by atoms with Gasteiger partial charge in [-0.25, -0.2) is 9.59 Å². The molecule has 0 heterocycles. The van der Waals surface area contributed by atoms with Crippen molar-refractivity contribution >= 4 is 11.9 Å². The smallest absolute Gasteiger partial charge is 0.331 e. The summed E-state index contributed by atoms with van der Waals surface area (Å²) in [6.07, 6.45) is 3.02. The second-order valence-corrected chi connectivity index (χ2v) is 4.11. The summed E-state index contributed by atoms with van der Waals surface area (Å²) in [6.45, 7) is 9.09. The van der Waals surface area contributed by atoms with Crippen molar-refractivity contribution in [1.82, 2.24) is 0 Å². The standard InChI is InChI=1S/C10H19NO2.C4H6O2/c1-3-5-9(10(12)13)8(4-2)6-7-11;1-3(2)4(5)6/h3-7,11H2,1-2H3,(H,12,13);1H2,2H3,(H,5,6). The molecule has 0 aliphatic rings. The molecule has 0 atom stereocenters. The monoisotopic (exact) mass is 271 g/mol. The maximum Gasteiger partial charge on any atom is 0.331 e. The Morgan fingerprint density at radius 3 is 1.79 bits per heavy atom. The number of aliphatic carboxylic acids is 2. The Bertz CT molecular complexity index is 333. The van der Waals surface area contributed by atoms with Crippen LogP contribution >= 0.6 is 0 Å². The molecule has 4 N–H and O–H groups in total. The van der Waals surface area contributed by atoms with Gasteiger partial charge in [0.15, 0.2) is 0 Å². The lowest BCUT2D eigenvalue weighted by Crippen LogP contribution is -2.08. The lowest BCUT2D eigenvalue weighted by Gasteiger charge is -2.08. The first-order valence-electron chi connectivity index (χ1n) is 6.34. The van der Waals surface area contributed by atoms with Crippen LogP contribution in [0.5, 0.6) is 0 Å². The Kier molecular flexibility index (Phi) is 11.9. The highest BCUT2D eigenvalue weighted by Gasteiger charge is 2.11. The Hall–Kier alpha value is -1.62. The van der Waals surface area contributed by atoms with Gasteiger partial charge in [-0.3, -0.25) is 0 Å². The molecule has 0 aromatic carbocycles. The molecule has 110 valence electrons. The molecular formula is C14H25NO4. The summed E-state index contributed by atoms with van der Waals surface area (Å²) in [5.74, 6) is -1.72. The van der Waals surface area contributed by atoms with Crippen molar-refractivity contribution in [3.05, 3.63) is 23.3 Å². The Morgan fingerprint density at radius 2 is 1.58 bits per heavy atom. The highest BCUT2D eigenvalue weighted by Crippen LogP contribution is 2.17. The van der Waals surface area contributed by atoms with E-state index < -0.39 is 11.9 Å². The molecule has 5 nitrogen and oxygen atoms in total. The maximum absolute atomic E-state index is 10.9. The van der Waals surface area contributed by atoms with E-state index in [-0.39, 0.29) is 5.57 Å². The van der Waals surface area contributed by atoms with Gasteiger partial charge in [-0.15, -0.1) is 0 Å². The van der Waals surface area contributed by atoms with E-state index in [1.54, 1.807) is 0 Å². The van der Waals surface area contributed by atoms with E-state index in [2.05, 4.69) is 6.58 Å². The van der Waals surface area contributed by atoms with Crippen molar-refractivity contribution in [1.29, 1.82) is 0 Å². The Morgan fingerprint density at radius 1 is 1.11 bits per heavy atom. The zero-order valence-corrected chi connectivity index (χ0v) is 12.0. The number of hydrogen-bond acceptors (Lipinski definition) is 3. The molecule has 19 heavy (non-hydrogen) atoms. The number of rotatable bonds is 7. The fourth-order valence-electron chi connectivity index (χ4n) is 1.40. The molecule has 0 aliphatic carbocycles. The zero-order chi connectivity index (χ0) is 15.4. The van der Waals surface area contributed by atoms with E-state index in [4.69, 9.17) is 15.9 Å². The van der Waals surface area contributed by atoms with Crippen molar-refractivity contribution in [2.24, 2.45) is 5.73 Å². The summed E-state index contributed by atoms with van der Waals surface area (Å²) in [6, 6.07) is 0. The first kappa shape index (κ1) is 19.7. The van der Waals surface area contributed by atoms with Gasteiger partial charge >= 0.3 is 11.9 Å². The van der Waals surface area contributed by atoms with Crippen LogP contribution in [0, 0.1) is 0 Å². The average Bonchev–Trinajstić information content (AvgIpc) is 2.33. The van der Waals surface area contributed by atoms with E-state index in [0.717, 1.165) is 18.4 Å². The molecule has 0 unspecified atom stereocenters. The van der Waals surface area contributed by atoms with Crippen LogP contribution in [-0.2, 0) is 9.59 Å². The van der Waals surface area contributed by atoms with Crippen LogP contribution in [0.2, 0.25) is 0 Å². The van der Waals surface area contributed by atoms with Crippen LogP contribution in [0.4, 0.5) is 0 Å². The molecule has 0 spiro atoms. The first-order valence-corrected chi connectivity index (χ1v) is 6.34. The summed E-state index contributed by atoms with van der Waals surface area (Å²) in [4.78, 5) is 20.5. The van der Waals surface area contributed by atoms with Crippen LogP contribution in [0.1, 0.15) is 46.5 Å². The number of carboxylic acids is 2. The van der Waals surface area contributed by atoms with E-state index >= 15 is 0 Å². The fourth-order valence-corrected chi connectivity index (χ4v) is 1.40. The molecule has 0 aliphatic heterocycles. The lowest BCUT2D eigenvalue weighted by atomic mass is 9.99. The third kappa shape index (κ3) is 10.0. The third-order valence-corrected chi connectivity index (χ3v) is 2.42. The normalized spacial score (nSPS) is 10.9. The molecule has 0 rings (SSSR count). The SMILES string of the molecule is C=C(C)C(=O)O.CCCC(C(=O)O)=C(CC)CCN.